The number of aldehydes is 1. The van der Waals surface area contributed by atoms with Gasteiger partial charge in [-0.2, -0.15) is 0 Å². The highest BCUT2D eigenvalue weighted by atomic mass is 32.2. The molecule has 0 radical (unpaired) electrons. The Morgan fingerprint density at radius 3 is 2.53 bits per heavy atom. The molecule has 4 nitrogen and oxygen atoms in total. The second kappa shape index (κ2) is 5.31. The fourth-order valence-corrected chi connectivity index (χ4v) is 2.14. The summed E-state index contributed by atoms with van der Waals surface area (Å²) in [4.78, 5) is 12.7. The van der Waals surface area contributed by atoms with Crippen LogP contribution in [0.3, 0.4) is 0 Å². The van der Waals surface area contributed by atoms with E-state index in [1.54, 1.807) is 18.0 Å². The molecule has 1 aromatic carbocycles. The highest BCUT2D eigenvalue weighted by Crippen LogP contribution is 2.19. The van der Waals surface area contributed by atoms with Gasteiger partial charge in [-0.25, -0.2) is 8.42 Å². The molecule has 1 aromatic rings. The van der Waals surface area contributed by atoms with Gasteiger partial charge in [0, 0.05) is 31.1 Å². The molecule has 0 fully saturated rings. The molecule has 0 saturated heterocycles. The van der Waals surface area contributed by atoms with Crippen LogP contribution in [0, 0.1) is 6.92 Å². The molecule has 0 saturated carbocycles. The van der Waals surface area contributed by atoms with Crippen molar-refractivity contribution >= 4 is 21.8 Å². The van der Waals surface area contributed by atoms with Crippen molar-refractivity contribution in [3.05, 3.63) is 29.3 Å². The number of carbonyl (C=O) groups is 1. The minimum Gasteiger partial charge on any atom is -0.373 e. The number of nitrogens with zero attached hydrogens (tertiary/aromatic N) is 1. The lowest BCUT2D eigenvalue weighted by Crippen LogP contribution is -2.25. The quantitative estimate of drug-likeness (QED) is 0.744. The third-order valence-electron chi connectivity index (χ3n) is 2.52. The molecule has 0 aliphatic rings. The van der Waals surface area contributed by atoms with E-state index >= 15 is 0 Å². The smallest absolute Gasteiger partial charge is 0.152 e. The van der Waals surface area contributed by atoms with Gasteiger partial charge in [-0.15, -0.1) is 0 Å². The van der Waals surface area contributed by atoms with Crippen LogP contribution in [0.2, 0.25) is 0 Å². The number of hydrogen-bond acceptors (Lipinski definition) is 4. The number of anilines is 1. The third-order valence-corrected chi connectivity index (χ3v) is 3.44. The van der Waals surface area contributed by atoms with Crippen molar-refractivity contribution in [3.8, 4) is 0 Å². The van der Waals surface area contributed by atoms with Gasteiger partial charge in [0.2, 0.25) is 0 Å². The van der Waals surface area contributed by atoms with Crippen molar-refractivity contribution in [1.29, 1.82) is 0 Å². The van der Waals surface area contributed by atoms with E-state index in [1.807, 2.05) is 19.1 Å². The van der Waals surface area contributed by atoms with Crippen molar-refractivity contribution in [2.24, 2.45) is 0 Å². The molecule has 0 heterocycles. The normalized spacial score (nSPS) is 11.2. The number of aryl methyl sites for hydroxylation is 1. The Hall–Kier alpha value is -1.36. The number of sulfone groups is 1. The zero-order chi connectivity index (χ0) is 13.1. The highest BCUT2D eigenvalue weighted by Gasteiger charge is 2.10. The molecule has 0 aliphatic heterocycles. The Morgan fingerprint density at radius 2 is 2.00 bits per heavy atom. The molecule has 0 spiro atoms. The molecule has 1 rings (SSSR count). The topological polar surface area (TPSA) is 54.5 Å². The summed E-state index contributed by atoms with van der Waals surface area (Å²) in [6.45, 7) is 2.29. The van der Waals surface area contributed by atoms with Gasteiger partial charge in [-0.05, 0) is 19.1 Å². The van der Waals surface area contributed by atoms with Crippen LogP contribution in [0.4, 0.5) is 5.69 Å². The number of rotatable bonds is 5. The summed E-state index contributed by atoms with van der Waals surface area (Å²) < 4.78 is 22.2. The molecule has 5 heteroatoms. The van der Waals surface area contributed by atoms with E-state index in [2.05, 4.69) is 0 Å². The van der Waals surface area contributed by atoms with E-state index < -0.39 is 9.84 Å². The number of hydrogen-bond donors (Lipinski definition) is 0. The first kappa shape index (κ1) is 13.7. The van der Waals surface area contributed by atoms with Crippen LogP contribution in [0.1, 0.15) is 15.9 Å². The van der Waals surface area contributed by atoms with Crippen molar-refractivity contribution in [2.45, 2.75) is 6.92 Å². The van der Waals surface area contributed by atoms with Gasteiger partial charge in [0.25, 0.3) is 0 Å². The van der Waals surface area contributed by atoms with Crippen LogP contribution in [0.25, 0.3) is 0 Å². The van der Waals surface area contributed by atoms with Gasteiger partial charge >= 0.3 is 0 Å². The third kappa shape index (κ3) is 4.19. The minimum atomic E-state index is -2.98. The van der Waals surface area contributed by atoms with Gasteiger partial charge < -0.3 is 4.90 Å². The Morgan fingerprint density at radius 1 is 1.35 bits per heavy atom. The molecule has 0 aromatic heterocycles. The maximum Gasteiger partial charge on any atom is 0.152 e. The average molecular weight is 255 g/mol. The first-order chi connectivity index (χ1) is 7.83. The fourth-order valence-electron chi connectivity index (χ4n) is 1.54. The Bertz CT molecular complexity index is 508. The van der Waals surface area contributed by atoms with Gasteiger partial charge in [0.15, 0.2) is 6.29 Å². The Labute approximate surface area is 102 Å². The standard InChI is InChI=1S/C12H17NO3S/c1-10-4-5-12(11(8-10)9-14)13(2)6-7-17(3,15)16/h4-5,8-9H,6-7H2,1-3H3. The van der Waals surface area contributed by atoms with E-state index in [0.717, 1.165) is 17.5 Å². The summed E-state index contributed by atoms with van der Waals surface area (Å²) in [6.07, 6.45) is 2.00. The molecule has 94 valence electrons. The van der Waals surface area contributed by atoms with Gasteiger partial charge in [-0.3, -0.25) is 4.79 Å². The maximum absolute atomic E-state index is 11.1. The second-order valence-electron chi connectivity index (χ2n) is 4.23. The van der Waals surface area contributed by atoms with Crippen molar-refractivity contribution in [2.75, 3.05) is 30.5 Å². The van der Waals surface area contributed by atoms with Gasteiger partial charge in [0.05, 0.1) is 5.75 Å². The average Bonchev–Trinajstić information content (AvgIpc) is 2.24. The summed E-state index contributed by atoms with van der Waals surface area (Å²) in [6, 6.07) is 5.53. The van der Waals surface area contributed by atoms with E-state index in [1.165, 1.54) is 6.26 Å². The van der Waals surface area contributed by atoms with Crippen LogP contribution in [0.15, 0.2) is 18.2 Å². The van der Waals surface area contributed by atoms with E-state index in [-0.39, 0.29) is 5.75 Å². The molecule has 0 aliphatic carbocycles. The fraction of sp³-hybridized carbons (Fsp3) is 0.417. The molecule has 0 bridgehead atoms. The lowest BCUT2D eigenvalue weighted by Gasteiger charge is -2.20. The summed E-state index contributed by atoms with van der Waals surface area (Å²) in [5, 5.41) is 0. The number of benzene rings is 1. The molecular weight excluding hydrogens is 238 g/mol. The second-order valence-corrected chi connectivity index (χ2v) is 6.49. The zero-order valence-electron chi connectivity index (χ0n) is 10.3. The predicted octanol–water partition coefficient (Wildman–Crippen LogP) is 1.29. The molecular formula is C12H17NO3S. The van der Waals surface area contributed by atoms with Gasteiger partial charge in [0.1, 0.15) is 9.84 Å². The maximum atomic E-state index is 11.1. The first-order valence-corrected chi connectivity index (χ1v) is 7.34. The highest BCUT2D eigenvalue weighted by molar-refractivity contribution is 7.90. The van der Waals surface area contributed by atoms with Crippen molar-refractivity contribution < 1.29 is 13.2 Å². The summed E-state index contributed by atoms with van der Waals surface area (Å²) in [5.41, 5.74) is 2.35. The SMILES string of the molecule is Cc1ccc(N(C)CCS(C)(=O)=O)c(C=O)c1. The largest absolute Gasteiger partial charge is 0.373 e. The van der Waals surface area contributed by atoms with Crippen LogP contribution < -0.4 is 4.90 Å². The van der Waals surface area contributed by atoms with E-state index in [0.29, 0.717) is 12.1 Å². The molecule has 0 N–H and O–H groups in total. The first-order valence-electron chi connectivity index (χ1n) is 5.28. The van der Waals surface area contributed by atoms with Crippen LogP contribution in [-0.4, -0.2) is 40.3 Å². The summed E-state index contributed by atoms with van der Waals surface area (Å²) >= 11 is 0. The number of carbonyl (C=O) groups excluding carboxylic acids is 1. The molecule has 0 amide bonds. The lowest BCUT2D eigenvalue weighted by atomic mass is 10.1. The monoisotopic (exact) mass is 255 g/mol. The zero-order valence-corrected chi connectivity index (χ0v) is 11.1. The van der Waals surface area contributed by atoms with Crippen LogP contribution in [0.5, 0.6) is 0 Å². The van der Waals surface area contributed by atoms with Crippen LogP contribution in [-0.2, 0) is 9.84 Å². The lowest BCUT2D eigenvalue weighted by molar-refractivity contribution is 0.112. The van der Waals surface area contributed by atoms with E-state index in [4.69, 9.17) is 0 Å². The van der Waals surface area contributed by atoms with Crippen molar-refractivity contribution in [1.82, 2.24) is 0 Å². The van der Waals surface area contributed by atoms with Crippen LogP contribution >= 0.6 is 0 Å². The van der Waals surface area contributed by atoms with E-state index in [9.17, 15) is 13.2 Å². The molecule has 0 unspecified atom stereocenters. The molecule has 17 heavy (non-hydrogen) atoms. The van der Waals surface area contributed by atoms with Crippen molar-refractivity contribution in [3.63, 3.8) is 0 Å². The molecule has 0 atom stereocenters. The summed E-state index contributed by atoms with van der Waals surface area (Å²) in [5.74, 6) is 0.0790. The summed E-state index contributed by atoms with van der Waals surface area (Å²) in [7, 11) is -1.20. The Kier molecular flexibility index (Phi) is 4.28. The van der Waals surface area contributed by atoms with Gasteiger partial charge in [-0.1, -0.05) is 11.6 Å². The minimum absolute atomic E-state index is 0.0790. The Balaban J connectivity index is 2.88. The predicted molar refractivity (Wildman–Crippen MR) is 69.5 cm³/mol.